The fourth-order valence-electron chi connectivity index (χ4n) is 6.23. The Kier molecular flexibility index (Phi) is 5.04. The van der Waals surface area contributed by atoms with Gasteiger partial charge >= 0.3 is 0 Å². The van der Waals surface area contributed by atoms with Crippen molar-refractivity contribution < 1.29 is 13.7 Å². The third-order valence-electron chi connectivity index (χ3n) is 8.53. The monoisotopic (exact) mass is 465 g/mol. The number of benzene rings is 1. The minimum Gasteiger partial charge on any atom is -0.342 e. The maximum Gasteiger partial charge on any atom is 0.230 e. The summed E-state index contributed by atoms with van der Waals surface area (Å²) in [4.78, 5) is 20.1. The maximum atomic E-state index is 14.5. The highest BCUT2D eigenvalue weighted by molar-refractivity contribution is 5.84. The van der Waals surface area contributed by atoms with Gasteiger partial charge in [-0.25, -0.2) is 4.39 Å². The van der Waals surface area contributed by atoms with Gasteiger partial charge in [-0.15, -0.1) is 0 Å². The van der Waals surface area contributed by atoms with Crippen molar-refractivity contribution in [3.63, 3.8) is 0 Å². The second-order valence-corrected chi connectivity index (χ2v) is 10.9. The summed E-state index contributed by atoms with van der Waals surface area (Å²) in [7, 11) is 0. The van der Waals surface area contributed by atoms with Crippen LogP contribution in [0.4, 0.5) is 4.39 Å². The third kappa shape index (κ3) is 3.53. The van der Waals surface area contributed by atoms with Crippen molar-refractivity contribution in [1.82, 2.24) is 24.8 Å². The second-order valence-electron chi connectivity index (χ2n) is 10.9. The number of carbonyl (C=O) groups is 1. The van der Waals surface area contributed by atoms with Crippen molar-refractivity contribution in [3.05, 3.63) is 30.3 Å². The van der Waals surface area contributed by atoms with E-state index in [1.165, 1.54) is 0 Å². The van der Waals surface area contributed by atoms with Crippen LogP contribution in [-0.2, 0) is 4.79 Å². The predicted molar refractivity (Wildman–Crippen MR) is 126 cm³/mol. The summed E-state index contributed by atoms with van der Waals surface area (Å²) in [5.41, 5.74) is 0.638. The van der Waals surface area contributed by atoms with Crippen LogP contribution in [0.5, 0.6) is 0 Å². The molecule has 0 radical (unpaired) electrons. The topological polar surface area (TPSA) is 77.0 Å². The highest BCUT2D eigenvalue weighted by atomic mass is 19.1. The molecule has 0 atom stereocenters. The van der Waals surface area contributed by atoms with E-state index in [4.69, 9.17) is 9.51 Å². The van der Waals surface area contributed by atoms with Crippen LogP contribution in [0.25, 0.3) is 22.3 Å². The van der Waals surface area contributed by atoms with Gasteiger partial charge < -0.3 is 9.42 Å². The van der Waals surface area contributed by atoms with E-state index in [0.29, 0.717) is 63.3 Å². The molecular formula is C26H32FN5O2. The van der Waals surface area contributed by atoms with Gasteiger partial charge in [-0.1, -0.05) is 17.3 Å². The third-order valence-corrected chi connectivity index (χ3v) is 8.53. The standard InChI is InChI=1S/C26H32FN5O2/c1-17(2)32-21-15-19(3-4-20(21)16-28-32)22-29-23(34-30-22)18-5-13-31(14-6-18)24(33)25-7-10-26(27,11-8-25)12-9-25/h3-4,15-18H,5-14H2,1-2H3. The molecule has 0 N–H and O–H groups in total. The van der Waals surface area contributed by atoms with Gasteiger partial charge in [-0.3, -0.25) is 9.48 Å². The van der Waals surface area contributed by atoms with Crippen molar-refractivity contribution in [2.24, 2.45) is 5.41 Å². The van der Waals surface area contributed by atoms with Crippen LogP contribution < -0.4 is 0 Å². The van der Waals surface area contributed by atoms with Crippen LogP contribution in [-0.4, -0.2) is 49.5 Å². The highest BCUT2D eigenvalue weighted by Crippen LogP contribution is 2.55. The van der Waals surface area contributed by atoms with Gasteiger partial charge in [-0.2, -0.15) is 10.1 Å². The largest absolute Gasteiger partial charge is 0.342 e. The van der Waals surface area contributed by atoms with Crippen molar-refractivity contribution >= 4 is 16.8 Å². The zero-order valence-electron chi connectivity index (χ0n) is 20.0. The highest BCUT2D eigenvalue weighted by Gasteiger charge is 2.54. The number of fused-ring (bicyclic) bond motifs is 4. The molecular weight excluding hydrogens is 433 g/mol. The van der Waals surface area contributed by atoms with Crippen LogP contribution in [0.3, 0.4) is 0 Å². The van der Waals surface area contributed by atoms with Gasteiger partial charge in [0, 0.05) is 41.4 Å². The first-order valence-corrected chi connectivity index (χ1v) is 12.7. The van der Waals surface area contributed by atoms with Crippen LogP contribution in [0, 0.1) is 5.41 Å². The van der Waals surface area contributed by atoms with Crippen LogP contribution >= 0.6 is 0 Å². The molecule has 3 saturated carbocycles. The van der Waals surface area contributed by atoms with Gasteiger partial charge in [0.2, 0.25) is 17.6 Å². The van der Waals surface area contributed by atoms with Crippen LogP contribution in [0.2, 0.25) is 0 Å². The summed E-state index contributed by atoms with van der Waals surface area (Å²) in [6.45, 7) is 5.62. The second kappa shape index (κ2) is 7.89. The van der Waals surface area contributed by atoms with Crippen molar-refractivity contribution in [2.75, 3.05) is 13.1 Å². The van der Waals surface area contributed by atoms with Gasteiger partial charge in [-0.05, 0) is 71.3 Å². The van der Waals surface area contributed by atoms with Gasteiger partial charge in [0.1, 0.15) is 5.67 Å². The van der Waals surface area contributed by atoms with Crippen LogP contribution in [0.15, 0.2) is 28.9 Å². The quantitative estimate of drug-likeness (QED) is 0.513. The maximum absolute atomic E-state index is 14.5. The van der Waals surface area contributed by atoms with E-state index >= 15 is 0 Å². The van der Waals surface area contributed by atoms with Gasteiger partial charge in [0.25, 0.3) is 0 Å². The number of piperidine rings is 1. The van der Waals surface area contributed by atoms with Gasteiger partial charge in [0.05, 0.1) is 11.7 Å². The molecule has 0 spiro atoms. The zero-order chi connectivity index (χ0) is 23.5. The molecule has 1 aromatic carbocycles. The number of nitrogens with zero attached hydrogens (tertiary/aromatic N) is 5. The Labute approximate surface area is 198 Å². The average molecular weight is 466 g/mol. The summed E-state index contributed by atoms with van der Waals surface area (Å²) >= 11 is 0. The van der Waals surface area contributed by atoms with Crippen molar-refractivity contribution in [2.45, 2.75) is 82.8 Å². The number of rotatable bonds is 4. The Morgan fingerprint density at radius 2 is 1.82 bits per heavy atom. The number of alkyl halides is 1. The molecule has 4 aliphatic rings. The number of likely N-dealkylation sites (tertiary alicyclic amines) is 1. The number of aromatic nitrogens is 4. The Bertz CT molecular complexity index is 1200. The molecule has 34 heavy (non-hydrogen) atoms. The first-order chi connectivity index (χ1) is 16.4. The molecule has 1 saturated heterocycles. The first kappa shape index (κ1) is 21.7. The summed E-state index contributed by atoms with van der Waals surface area (Å²) in [5, 5.41) is 9.83. The molecule has 2 aromatic heterocycles. The summed E-state index contributed by atoms with van der Waals surface area (Å²) < 4.78 is 22.2. The van der Waals surface area contributed by atoms with Crippen molar-refractivity contribution in [3.8, 4) is 11.4 Å². The smallest absolute Gasteiger partial charge is 0.230 e. The zero-order valence-corrected chi connectivity index (χ0v) is 20.0. The van der Waals surface area contributed by atoms with E-state index in [0.717, 1.165) is 29.3 Å². The minimum absolute atomic E-state index is 0.156. The molecule has 3 aliphatic carbocycles. The molecule has 7 nitrogen and oxygen atoms in total. The lowest BCUT2D eigenvalue weighted by Crippen LogP contribution is -2.53. The molecule has 4 fully saturated rings. The van der Waals surface area contributed by atoms with Gasteiger partial charge in [0.15, 0.2) is 0 Å². The molecule has 3 heterocycles. The fraction of sp³-hybridized carbons (Fsp3) is 0.615. The molecule has 1 amide bonds. The predicted octanol–water partition coefficient (Wildman–Crippen LogP) is 5.44. The SMILES string of the molecule is CC(C)n1ncc2ccc(-c3noc(C4CCN(C(=O)C56CCC(F)(CC5)CC6)CC4)n3)cc21. The molecule has 1 aliphatic heterocycles. The Morgan fingerprint density at radius 1 is 1.12 bits per heavy atom. The summed E-state index contributed by atoms with van der Waals surface area (Å²) in [5.74, 6) is 1.64. The first-order valence-electron chi connectivity index (χ1n) is 12.7. The van der Waals surface area contributed by atoms with E-state index in [-0.39, 0.29) is 23.3 Å². The van der Waals surface area contributed by atoms with Crippen molar-refractivity contribution in [1.29, 1.82) is 0 Å². The normalized spacial score (nSPS) is 27.7. The average Bonchev–Trinajstić information content (AvgIpc) is 3.52. The molecule has 180 valence electrons. The minimum atomic E-state index is -1.01. The fourth-order valence-corrected chi connectivity index (χ4v) is 6.23. The lowest BCUT2D eigenvalue weighted by atomic mass is 9.58. The van der Waals surface area contributed by atoms with E-state index in [9.17, 15) is 9.18 Å². The van der Waals surface area contributed by atoms with Crippen LogP contribution in [0.1, 0.15) is 83.1 Å². The number of halogens is 1. The van der Waals surface area contributed by atoms with E-state index in [2.05, 4.69) is 30.2 Å². The number of amides is 1. The Hall–Kier alpha value is -2.77. The summed E-state index contributed by atoms with van der Waals surface area (Å²) in [6.07, 6.45) is 7.26. The Morgan fingerprint density at radius 3 is 2.50 bits per heavy atom. The van der Waals surface area contributed by atoms with E-state index in [1.54, 1.807) is 0 Å². The lowest BCUT2D eigenvalue weighted by Gasteiger charge is -2.50. The molecule has 3 aromatic rings. The van der Waals surface area contributed by atoms with E-state index in [1.807, 2.05) is 27.9 Å². The molecule has 0 unspecified atom stereocenters. The lowest BCUT2D eigenvalue weighted by molar-refractivity contribution is -0.154. The molecule has 8 heteroatoms. The summed E-state index contributed by atoms with van der Waals surface area (Å²) in [6, 6.07) is 6.38. The number of hydrogen-bond donors (Lipinski definition) is 0. The Balaban J connectivity index is 1.13. The number of carbonyl (C=O) groups excluding carboxylic acids is 1. The number of hydrogen-bond acceptors (Lipinski definition) is 5. The van der Waals surface area contributed by atoms with E-state index < -0.39 is 5.67 Å². The molecule has 7 rings (SSSR count). The molecule has 2 bridgehead atoms.